The van der Waals surface area contributed by atoms with Crippen LogP contribution in [-0.4, -0.2) is 20.8 Å². The van der Waals surface area contributed by atoms with Gasteiger partial charge in [-0.05, 0) is 37.1 Å². The maximum Gasteiger partial charge on any atom is 0.134 e. The van der Waals surface area contributed by atoms with Crippen LogP contribution in [0.25, 0.3) is 0 Å². The first-order valence-corrected chi connectivity index (χ1v) is 5.91. The lowest BCUT2D eigenvalue weighted by atomic mass is 10.1. The molecule has 0 aliphatic rings. The van der Waals surface area contributed by atoms with Crippen molar-refractivity contribution in [1.82, 2.24) is 15.0 Å². The summed E-state index contributed by atoms with van der Waals surface area (Å²) in [6.07, 6.45) is 1.81. The van der Waals surface area contributed by atoms with Gasteiger partial charge in [-0.25, -0.2) is 0 Å². The van der Waals surface area contributed by atoms with Crippen molar-refractivity contribution in [3.8, 4) is 5.75 Å². The largest absolute Gasteiger partial charge is 0.487 e. The molecule has 3 N–H and O–H groups in total. The van der Waals surface area contributed by atoms with Gasteiger partial charge in [-0.1, -0.05) is 5.21 Å². The average molecular weight is 259 g/mol. The van der Waals surface area contributed by atoms with Crippen LogP contribution in [0.2, 0.25) is 0 Å². The van der Waals surface area contributed by atoms with Crippen LogP contribution >= 0.6 is 0 Å². The fourth-order valence-corrected chi connectivity index (χ4v) is 1.94. The van der Waals surface area contributed by atoms with Crippen LogP contribution in [0.5, 0.6) is 5.75 Å². The lowest BCUT2D eigenvalue weighted by Crippen LogP contribution is -2.12. The van der Waals surface area contributed by atoms with Gasteiger partial charge >= 0.3 is 0 Å². The van der Waals surface area contributed by atoms with Crippen molar-refractivity contribution in [2.45, 2.75) is 20.5 Å². The van der Waals surface area contributed by atoms with E-state index in [2.05, 4.69) is 10.3 Å². The Balaban J connectivity index is 2.18. The normalized spacial score (nSPS) is 10.5. The topological polar surface area (TPSA) is 89.8 Å². The van der Waals surface area contributed by atoms with E-state index in [1.54, 1.807) is 4.68 Å². The molecule has 0 bridgehead atoms. The van der Waals surface area contributed by atoms with E-state index >= 15 is 0 Å². The van der Waals surface area contributed by atoms with E-state index in [9.17, 15) is 0 Å². The van der Waals surface area contributed by atoms with Crippen LogP contribution in [0.4, 0.5) is 0 Å². The summed E-state index contributed by atoms with van der Waals surface area (Å²) in [5.74, 6) is 0.863. The monoisotopic (exact) mass is 259 g/mol. The second-order valence-electron chi connectivity index (χ2n) is 4.53. The highest BCUT2D eigenvalue weighted by molar-refractivity contribution is 5.95. The molecule has 0 saturated heterocycles. The molecule has 19 heavy (non-hydrogen) atoms. The van der Waals surface area contributed by atoms with Crippen molar-refractivity contribution < 1.29 is 4.74 Å². The lowest BCUT2D eigenvalue weighted by Gasteiger charge is -2.12. The minimum absolute atomic E-state index is 0.0617. The molecule has 2 aromatic rings. The fraction of sp³-hybridized carbons (Fsp3) is 0.308. The number of nitrogens with two attached hydrogens (primary N) is 1. The first-order valence-electron chi connectivity index (χ1n) is 5.91. The third kappa shape index (κ3) is 2.90. The van der Waals surface area contributed by atoms with Gasteiger partial charge in [0.1, 0.15) is 23.9 Å². The Labute approximate surface area is 111 Å². The van der Waals surface area contributed by atoms with Crippen molar-refractivity contribution in [3.05, 3.63) is 40.7 Å². The van der Waals surface area contributed by atoms with Crippen LogP contribution in [0, 0.1) is 19.3 Å². The molecule has 0 aliphatic heterocycles. The molecular weight excluding hydrogens is 242 g/mol. The molecular formula is C13H17N5O. The third-order valence-electron chi connectivity index (χ3n) is 2.79. The average Bonchev–Trinajstić information content (AvgIpc) is 2.73. The van der Waals surface area contributed by atoms with Gasteiger partial charge in [0.15, 0.2) is 0 Å². The first-order chi connectivity index (χ1) is 8.97. The number of nitrogens with one attached hydrogen (secondary N) is 1. The standard InChI is InChI=1S/C13H17N5O/c1-8-4-10(13(14)15)5-9(2)12(8)19-7-11-6-18(3)17-16-11/h4-6H,7H2,1-3H3,(H3,14,15). The Kier molecular flexibility index (Phi) is 3.50. The molecule has 1 aromatic carbocycles. The molecule has 0 radical (unpaired) electrons. The van der Waals surface area contributed by atoms with E-state index in [1.165, 1.54) is 0 Å². The number of nitrogens with zero attached hydrogens (tertiary/aromatic N) is 3. The van der Waals surface area contributed by atoms with Gasteiger partial charge in [0, 0.05) is 12.6 Å². The summed E-state index contributed by atoms with van der Waals surface area (Å²) in [5, 5.41) is 15.3. The van der Waals surface area contributed by atoms with Crippen LogP contribution < -0.4 is 10.5 Å². The van der Waals surface area contributed by atoms with Gasteiger partial charge in [0.25, 0.3) is 0 Å². The smallest absolute Gasteiger partial charge is 0.134 e. The Morgan fingerprint density at radius 1 is 1.37 bits per heavy atom. The molecule has 6 nitrogen and oxygen atoms in total. The molecule has 0 spiro atoms. The summed E-state index contributed by atoms with van der Waals surface area (Å²) in [6, 6.07) is 3.70. The summed E-state index contributed by atoms with van der Waals surface area (Å²) in [4.78, 5) is 0. The van der Waals surface area contributed by atoms with Gasteiger partial charge in [-0.3, -0.25) is 10.1 Å². The lowest BCUT2D eigenvalue weighted by molar-refractivity contribution is 0.297. The number of amidine groups is 1. The van der Waals surface area contributed by atoms with Crippen molar-refractivity contribution in [1.29, 1.82) is 5.41 Å². The van der Waals surface area contributed by atoms with E-state index in [4.69, 9.17) is 15.9 Å². The van der Waals surface area contributed by atoms with Crippen molar-refractivity contribution >= 4 is 5.84 Å². The summed E-state index contributed by atoms with van der Waals surface area (Å²) in [7, 11) is 1.81. The van der Waals surface area contributed by atoms with E-state index in [1.807, 2.05) is 39.2 Å². The number of aromatic nitrogens is 3. The van der Waals surface area contributed by atoms with Crippen LogP contribution in [0.15, 0.2) is 18.3 Å². The molecule has 1 aromatic heterocycles. The predicted molar refractivity (Wildman–Crippen MR) is 72.3 cm³/mol. The van der Waals surface area contributed by atoms with Gasteiger partial charge in [-0.2, -0.15) is 0 Å². The molecule has 0 unspecified atom stereocenters. The molecule has 1 heterocycles. The van der Waals surface area contributed by atoms with Gasteiger partial charge in [0.2, 0.25) is 0 Å². The number of nitrogen functional groups attached to an aromatic ring is 1. The molecule has 6 heteroatoms. The highest BCUT2D eigenvalue weighted by Gasteiger charge is 2.09. The molecule has 0 aliphatic carbocycles. The maximum atomic E-state index is 7.45. The molecule has 0 amide bonds. The minimum Gasteiger partial charge on any atom is -0.487 e. The second kappa shape index (κ2) is 5.09. The van der Waals surface area contributed by atoms with Gasteiger partial charge < -0.3 is 10.5 Å². The quantitative estimate of drug-likeness (QED) is 0.639. The predicted octanol–water partition coefficient (Wildman–Crippen LogP) is 1.30. The number of hydrogen-bond acceptors (Lipinski definition) is 4. The Morgan fingerprint density at radius 3 is 2.47 bits per heavy atom. The highest BCUT2D eigenvalue weighted by Crippen LogP contribution is 2.25. The second-order valence-corrected chi connectivity index (χ2v) is 4.53. The Hall–Kier alpha value is -2.37. The Morgan fingerprint density at radius 2 is 2.00 bits per heavy atom. The first kappa shape index (κ1) is 13.1. The van der Waals surface area contributed by atoms with Crippen molar-refractivity contribution in [3.63, 3.8) is 0 Å². The number of hydrogen-bond donors (Lipinski definition) is 2. The van der Waals surface area contributed by atoms with Gasteiger partial charge in [0.05, 0.1) is 6.20 Å². The number of ether oxygens (including phenoxy) is 1. The van der Waals surface area contributed by atoms with Crippen LogP contribution in [0.1, 0.15) is 22.4 Å². The van der Waals surface area contributed by atoms with Gasteiger partial charge in [-0.15, -0.1) is 5.10 Å². The number of benzene rings is 1. The summed E-state index contributed by atoms with van der Waals surface area (Å²) >= 11 is 0. The van der Waals surface area contributed by atoms with E-state index in [-0.39, 0.29) is 5.84 Å². The highest BCUT2D eigenvalue weighted by atomic mass is 16.5. The number of rotatable bonds is 4. The summed E-state index contributed by atoms with van der Waals surface area (Å²) in [6.45, 7) is 4.24. The zero-order valence-electron chi connectivity index (χ0n) is 11.3. The van der Waals surface area contributed by atoms with Crippen molar-refractivity contribution in [2.75, 3.05) is 0 Å². The van der Waals surface area contributed by atoms with Crippen molar-refractivity contribution in [2.24, 2.45) is 12.8 Å². The third-order valence-corrected chi connectivity index (χ3v) is 2.79. The maximum absolute atomic E-state index is 7.45. The zero-order valence-corrected chi connectivity index (χ0v) is 11.3. The molecule has 0 atom stereocenters. The van der Waals surface area contributed by atoms with E-state index in [0.717, 1.165) is 22.6 Å². The molecule has 100 valence electrons. The van der Waals surface area contributed by atoms with E-state index in [0.29, 0.717) is 12.2 Å². The molecule has 0 saturated carbocycles. The fourth-order valence-electron chi connectivity index (χ4n) is 1.94. The molecule has 0 fully saturated rings. The minimum atomic E-state index is 0.0617. The summed E-state index contributed by atoms with van der Waals surface area (Å²) < 4.78 is 7.41. The van der Waals surface area contributed by atoms with E-state index < -0.39 is 0 Å². The zero-order chi connectivity index (χ0) is 14.0. The summed E-state index contributed by atoms with van der Waals surface area (Å²) in [5.41, 5.74) is 8.88. The SMILES string of the molecule is Cc1cc(C(=N)N)cc(C)c1OCc1cn(C)nn1. The van der Waals surface area contributed by atoms with Crippen LogP contribution in [0.3, 0.4) is 0 Å². The Bertz CT molecular complexity index is 594. The molecule has 2 rings (SSSR count). The number of aryl methyl sites for hydroxylation is 3. The van der Waals surface area contributed by atoms with Crippen LogP contribution in [-0.2, 0) is 13.7 Å².